The summed E-state index contributed by atoms with van der Waals surface area (Å²) in [5.41, 5.74) is 1.39. The molecule has 0 nitrogen and oxygen atoms in total. The highest BCUT2D eigenvalue weighted by Crippen LogP contribution is 2.07. The van der Waals surface area contributed by atoms with Crippen LogP contribution in [-0.2, 0) is 0 Å². The normalized spacial score (nSPS) is 30.1. The Kier molecular flexibility index (Phi) is 3.74. The third kappa shape index (κ3) is 3.82. The van der Waals surface area contributed by atoms with Gasteiger partial charge in [-0.3, -0.25) is 0 Å². The van der Waals surface area contributed by atoms with Crippen molar-refractivity contribution in [2.45, 2.75) is 32.6 Å². The minimum atomic E-state index is 1.23. The summed E-state index contributed by atoms with van der Waals surface area (Å²) in [6.07, 6.45) is 16.1. The molecule has 0 fully saturated rings. The first kappa shape index (κ1) is 8.32. The molecule has 0 aromatic carbocycles. The zero-order chi connectivity index (χ0) is 7.94. The van der Waals surface area contributed by atoms with E-state index in [1.165, 1.54) is 31.3 Å². The highest BCUT2D eigenvalue weighted by atomic mass is 13.9. The summed E-state index contributed by atoms with van der Waals surface area (Å²) in [6, 6.07) is 0. The van der Waals surface area contributed by atoms with Gasteiger partial charge in [0.25, 0.3) is 0 Å². The second-order valence-corrected chi connectivity index (χ2v) is 3.02. The molecule has 11 heavy (non-hydrogen) atoms. The lowest BCUT2D eigenvalue weighted by Gasteiger charge is -1.96. The van der Waals surface area contributed by atoms with Gasteiger partial charge in [0.2, 0.25) is 0 Å². The van der Waals surface area contributed by atoms with E-state index in [2.05, 4.69) is 37.3 Å². The Bertz CT molecular complexity index is 182. The van der Waals surface area contributed by atoms with Crippen molar-refractivity contribution in [3.05, 3.63) is 36.0 Å². The van der Waals surface area contributed by atoms with Gasteiger partial charge in [0.05, 0.1) is 0 Å². The topological polar surface area (TPSA) is 0 Å². The van der Waals surface area contributed by atoms with E-state index in [0.717, 1.165) is 0 Å². The Labute approximate surface area is 69.3 Å². The van der Waals surface area contributed by atoms with Crippen LogP contribution in [0.3, 0.4) is 0 Å². The Morgan fingerprint density at radius 3 is 2.82 bits per heavy atom. The maximum absolute atomic E-state index is 2.32. The highest BCUT2D eigenvalue weighted by Gasteiger charge is 1.86. The minimum absolute atomic E-state index is 1.23. The van der Waals surface area contributed by atoms with Crippen LogP contribution in [0.5, 0.6) is 0 Å². The summed E-state index contributed by atoms with van der Waals surface area (Å²) in [5, 5.41) is 0. The van der Waals surface area contributed by atoms with Gasteiger partial charge in [-0.1, -0.05) is 36.0 Å². The lowest BCUT2D eigenvalue weighted by Crippen LogP contribution is -1.76. The summed E-state index contributed by atoms with van der Waals surface area (Å²) in [5.74, 6) is 0. The molecule has 1 aliphatic rings. The molecule has 0 spiro atoms. The Morgan fingerprint density at radius 2 is 1.91 bits per heavy atom. The molecule has 0 unspecified atom stereocenters. The Hall–Kier alpha value is -0.780. The van der Waals surface area contributed by atoms with E-state index in [0.29, 0.717) is 0 Å². The fourth-order valence-electron chi connectivity index (χ4n) is 1.19. The smallest absolute Gasteiger partial charge is 0.0345 e. The van der Waals surface area contributed by atoms with Crippen LogP contribution in [0.2, 0.25) is 0 Å². The first-order valence-electron chi connectivity index (χ1n) is 4.39. The van der Waals surface area contributed by atoms with Crippen LogP contribution < -0.4 is 0 Å². The van der Waals surface area contributed by atoms with Crippen LogP contribution >= 0.6 is 0 Å². The van der Waals surface area contributed by atoms with Gasteiger partial charge in [-0.25, -0.2) is 0 Å². The van der Waals surface area contributed by atoms with Crippen molar-refractivity contribution >= 4 is 0 Å². The largest absolute Gasteiger partial charge is 0.0845 e. The van der Waals surface area contributed by atoms with Gasteiger partial charge in [-0.15, -0.1) is 0 Å². The van der Waals surface area contributed by atoms with Crippen LogP contribution in [0.4, 0.5) is 0 Å². The van der Waals surface area contributed by atoms with Crippen LogP contribution in [0.25, 0.3) is 0 Å². The predicted octanol–water partition coefficient (Wildman–Crippen LogP) is 3.62. The first-order valence-corrected chi connectivity index (χ1v) is 4.39. The van der Waals surface area contributed by atoms with E-state index in [-0.39, 0.29) is 0 Å². The molecule has 0 heteroatoms. The van der Waals surface area contributed by atoms with Gasteiger partial charge in [0, 0.05) is 0 Å². The second-order valence-electron chi connectivity index (χ2n) is 3.02. The fourth-order valence-corrected chi connectivity index (χ4v) is 1.19. The van der Waals surface area contributed by atoms with Crippen LogP contribution in [0, 0.1) is 0 Å². The van der Waals surface area contributed by atoms with Crippen LogP contribution in [0.1, 0.15) is 32.6 Å². The standard InChI is InChI=1S/C11H16/c1-11-9-7-5-3-2-4-6-8-10-11/h3,5,7,9-10H,2,4,6,8H2,1H3/b5-3+,9-7-,11-10+. The van der Waals surface area contributed by atoms with Crippen molar-refractivity contribution in [3.63, 3.8) is 0 Å². The van der Waals surface area contributed by atoms with E-state index < -0.39 is 0 Å². The minimum Gasteiger partial charge on any atom is -0.0845 e. The monoisotopic (exact) mass is 148 g/mol. The zero-order valence-corrected chi connectivity index (χ0v) is 7.22. The Morgan fingerprint density at radius 1 is 1.09 bits per heavy atom. The lowest BCUT2D eigenvalue weighted by molar-refractivity contribution is 0.760. The molecule has 0 amide bonds. The van der Waals surface area contributed by atoms with Crippen molar-refractivity contribution in [1.29, 1.82) is 0 Å². The third-order valence-corrected chi connectivity index (χ3v) is 1.90. The van der Waals surface area contributed by atoms with Gasteiger partial charge < -0.3 is 0 Å². The van der Waals surface area contributed by atoms with E-state index >= 15 is 0 Å². The fraction of sp³-hybridized carbons (Fsp3) is 0.455. The number of rotatable bonds is 0. The van der Waals surface area contributed by atoms with Crippen molar-refractivity contribution in [2.24, 2.45) is 0 Å². The summed E-state index contributed by atoms with van der Waals surface area (Å²) in [6.45, 7) is 2.16. The summed E-state index contributed by atoms with van der Waals surface area (Å²) in [4.78, 5) is 0. The molecule has 0 saturated carbocycles. The van der Waals surface area contributed by atoms with Crippen LogP contribution in [-0.4, -0.2) is 0 Å². The zero-order valence-electron chi connectivity index (χ0n) is 7.22. The van der Waals surface area contributed by atoms with Gasteiger partial charge >= 0.3 is 0 Å². The van der Waals surface area contributed by atoms with Gasteiger partial charge in [0.15, 0.2) is 0 Å². The van der Waals surface area contributed by atoms with Gasteiger partial charge in [0.1, 0.15) is 0 Å². The van der Waals surface area contributed by atoms with E-state index in [1.54, 1.807) is 0 Å². The molecule has 0 saturated heterocycles. The Balaban J connectivity index is 2.54. The van der Waals surface area contributed by atoms with Crippen molar-refractivity contribution in [3.8, 4) is 0 Å². The molecule has 0 bridgehead atoms. The molecule has 1 rings (SSSR count). The van der Waals surface area contributed by atoms with Crippen molar-refractivity contribution in [2.75, 3.05) is 0 Å². The maximum atomic E-state index is 2.32. The number of allylic oxidation sites excluding steroid dienone is 6. The quantitative estimate of drug-likeness (QED) is 0.492. The number of hydrogen-bond donors (Lipinski definition) is 0. The average molecular weight is 148 g/mol. The van der Waals surface area contributed by atoms with Gasteiger partial charge in [-0.05, 0) is 32.6 Å². The van der Waals surface area contributed by atoms with Gasteiger partial charge in [-0.2, -0.15) is 0 Å². The highest BCUT2D eigenvalue weighted by molar-refractivity contribution is 5.20. The molecule has 0 radical (unpaired) electrons. The average Bonchev–Trinajstić information content (AvgIpc) is 2.03. The summed E-state index contributed by atoms with van der Waals surface area (Å²) < 4.78 is 0. The lowest BCUT2D eigenvalue weighted by atomic mass is 10.1. The second kappa shape index (κ2) is 4.95. The molecule has 0 heterocycles. The SMILES string of the molecule is CC1=C\CCCC/C=C/C=C\1. The number of hydrogen-bond acceptors (Lipinski definition) is 0. The van der Waals surface area contributed by atoms with E-state index in [1.807, 2.05) is 0 Å². The molecule has 0 aromatic rings. The molecule has 1 aliphatic carbocycles. The van der Waals surface area contributed by atoms with Crippen molar-refractivity contribution in [1.82, 2.24) is 0 Å². The van der Waals surface area contributed by atoms with Crippen LogP contribution in [0.15, 0.2) is 36.0 Å². The third-order valence-electron chi connectivity index (χ3n) is 1.90. The van der Waals surface area contributed by atoms with Crippen molar-refractivity contribution < 1.29 is 0 Å². The molecule has 60 valence electrons. The molecule has 0 atom stereocenters. The van der Waals surface area contributed by atoms with E-state index in [4.69, 9.17) is 0 Å². The molecular weight excluding hydrogens is 132 g/mol. The molecule has 0 aliphatic heterocycles. The summed E-state index contributed by atoms with van der Waals surface area (Å²) >= 11 is 0. The predicted molar refractivity (Wildman–Crippen MR) is 50.5 cm³/mol. The maximum Gasteiger partial charge on any atom is -0.0345 e. The summed E-state index contributed by atoms with van der Waals surface area (Å²) in [7, 11) is 0. The molecule has 0 N–H and O–H groups in total. The molecule has 0 aromatic heterocycles. The first-order chi connectivity index (χ1) is 5.39. The molecular formula is C11H16. The van der Waals surface area contributed by atoms with E-state index in [9.17, 15) is 0 Å².